The van der Waals surface area contributed by atoms with Crippen molar-refractivity contribution in [3.63, 3.8) is 0 Å². The van der Waals surface area contributed by atoms with Crippen molar-refractivity contribution in [2.75, 3.05) is 17.2 Å². The highest BCUT2D eigenvalue weighted by Gasteiger charge is 1.74. The molecule has 0 saturated carbocycles. The normalized spacial score (nSPS) is 9.00. The maximum atomic E-state index is 5.16. The van der Waals surface area contributed by atoms with Gasteiger partial charge in [-0.1, -0.05) is 0 Å². The molecule has 0 aliphatic rings. The Hall–Kier alpha value is 0.660. The van der Waals surface area contributed by atoms with Gasteiger partial charge in [0, 0.05) is 11.0 Å². The summed E-state index contributed by atoms with van der Waals surface area (Å²) in [6.07, 6.45) is 2.07. The molecule has 0 rings (SSSR count). The van der Waals surface area contributed by atoms with Crippen LogP contribution in [0.4, 0.5) is 0 Å². The summed E-state index contributed by atoms with van der Waals surface area (Å²) in [7, 11) is 0. The lowest BCUT2D eigenvalue weighted by Gasteiger charge is -1.87. The fraction of sp³-hybridized carbons (Fsp3) is 1.00. The number of thioether (sulfide) groups is 2. The molecule has 0 fully saturated rings. The quantitative estimate of drug-likeness (QED) is 0.447. The summed E-state index contributed by atoms with van der Waals surface area (Å²) in [6.45, 7) is 0. The van der Waals surface area contributed by atoms with E-state index in [4.69, 9.17) is 5.73 Å². The molecule has 0 aliphatic carbocycles. The van der Waals surface area contributed by atoms with E-state index in [0.717, 1.165) is 11.0 Å². The topological polar surface area (TPSA) is 26.0 Å². The molecule has 1 nitrogen and oxygen atoms in total. The van der Waals surface area contributed by atoms with Gasteiger partial charge in [0.05, 0.1) is 0 Å². The second-order valence-electron chi connectivity index (χ2n) is 0.777. The van der Waals surface area contributed by atoms with Gasteiger partial charge >= 0.3 is 0 Å². The molecule has 0 aromatic heterocycles. The van der Waals surface area contributed by atoms with Gasteiger partial charge in [-0.2, -0.15) is 11.8 Å². The van der Waals surface area contributed by atoms with E-state index in [1.807, 2.05) is 11.8 Å². The van der Waals surface area contributed by atoms with Gasteiger partial charge in [0.15, 0.2) is 0 Å². The Balaban J connectivity index is 2.34. The zero-order valence-corrected chi connectivity index (χ0v) is 5.44. The van der Waals surface area contributed by atoms with Crippen LogP contribution in [0.15, 0.2) is 0 Å². The average molecular weight is 123 g/mol. The minimum atomic E-state index is 0.751. The molecule has 0 saturated heterocycles. The van der Waals surface area contributed by atoms with Gasteiger partial charge in [0.25, 0.3) is 0 Å². The predicted octanol–water partition coefficient (Wildman–Crippen LogP) is 0.956. The SMILES string of the molecule is CSCSCN. The van der Waals surface area contributed by atoms with Crippen molar-refractivity contribution in [2.45, 2.75) is 0 Å². The molecule has 6 heavy (non-hydrogen) atoms. The van der Waals surface area contributed by atoms with Crippen molar-refractivity contribution >= 4 is 23.5 Å². The molecule has 0 aliphatic heterocycles. The zero-order valence-electron chi connectivity index (χ0n) is 3.81. The van der Waals surface area contributed by atoms with Crippen LogP contribution in [0.3, 0.4) is 0 Å². The standard InChI is InChI=1S/C3H9NS2/c1-5-3-6-2-4/h2-4H2,1H3. The van der Waals surface area contributed by atoms with E-state index in [2.05, 4.69) is 6.26 Å². The molecule has 0 heterocycles. The van der Waals surface area contributed by atoms with Crippen LogP contribution < -0.4 is 5.73 Å². The molecular weight excluding hydrogens is 114 g/mol. The summed E-state index contributed by atoms with van der Waals surface area (Å²) in [5.74, 6) is 0.751. The van der Waals surface area contributed by atoms with E-state index in [9.17, 15) is 0 Å². The molecule has 0 aromatic carbocycles. The van der Waals surface area contributed by atoms with Crippen LogP contribution in [0.2, 0.25) is 0 Å². The Morgan fingerprint density at radius 2 is 2.33 bits per heavy atom. The highest BCUT2D eigenvalue weighted by atomic mass is 32.2. The minimum Gasteiger partial charge on any atom is -0.322 e. The van der Waals surface area contributed by atoms with E-state index in [-0.39, 0.29) is 0 Å². The maximum Gasteiger partial charge on any atom is 0.0402 e. The predicted molar refractivity (Wildman–Crippen MR) is 35.0 cm³/mol. The summed E-state index contributed by atoms with van der Waals surface area (Å²) < 4.78 is 0. The second-order valence-corrected chi connectivity index (χ2v) is 3.04. The average Bonchev–Trinajstić information content (AvgIpc) is 1.61. The van der Waals surface area contributed by atoms with Gasteiger partial charge in [-0.15, -0.1) is 11.8 Å². The van der Waals surface area contributed by atoms with E-state index >= 15 is 0 Å². The Labute approximate surface area is 47.1 Å². The van der Waals surface area contributed by atoms with Crippen LogP contribution >= 0.6 is 23.5 Å². The van der Waals surface area contributed by atoms with Crippen LogP contribution in [0.5, 0.6) is 0 Å². The molecule has 0 unspecified atom stereocenters. The highest BCUT2D eigenvalue weighted by molar-refractivity contribution is 8.15. The van der Waals surface area contributed by atoms with E-state index in [0.29, 0.717) is 0 Å². The van der Waals surface area contributed by atoms with Crippen molar-refractivity contribution in [2.24, 2.45) is 5.73 Å². The Morgan fingerprint density at radius 3 is 2.50 bits per heavy atom. The summed E-state index contributed by atoms with van der Waals surface area (Å²) in [6, 6.07) is 0. The van der Waals surface area contributed by atoms with Crippen LogP contribution in [0.1, 0.15) is 0 Å². The first-order valence-corrected chi connectivity index (χ1v) is 4.23. The highest BCUT2D eigenvalue weighted by Crippen LogP contribution is 2.03. The van der Waals surface area contributed by atoms with Gasteiger partial charge in [-0.3, -0.25) is 0 Å². The second kappa shape index (κ2) is 5.66. The number of hydrogen-bond acceptors (Lipinski definition) is 3. The molecule has 0 radical (unpaired) electrons. The monoisotopic (exact) mass is 123 g/mol. The van der Waals surface area contributed by atoms with E-state index < -0.39 is 0 Å². The van der Waals surface area contributed by atoms with Gasteiger partial charge in [-0.25, -0.2) is 0 Å². The van der Waals surface area contributed by atoms with Gasteiger partial charge in [0.2, 0.25) is 0 Å². The molecule has 38 valence electrons. The first-order chi connectivity index (χ1) is 2.91. The summed E-state index contributed by atoms with van der Waals surface area (Å²) in [5, 5.41) is 1.12. The third kappa shape index (κ3) is 4.66. The summed E-state index contributed by atoms with van der Waals surface area (Å²) in [4.78, 5) is 0. The van der Waals surface area contributed by atoms with E-state index in [1.54, 1.807) is 11.8 Å². The molecule has 3 heteroatoms. The van der Waals surface area contributed by atoms with Crippen LogP contribution in [-0.4, -0.2) is 17.2 Å². The van der Waals surface area contributed by atoms with Crippen molar-refractivity contribution < 1.29 is 0 Å². The van der Waals surface area contributed by atoms with Crippen LogP contribution in [-0.2, 0) is 0 Å². The molecule has 0 bridgehead atoms. The minimum absolute atomic E-state index is 0.751. The first kappa shape index (κ1) is 6.66. The molecule has 0 aromatic rings. The number of nitrogens with two attached hydrogens (primary N) is 1. The van der Waals surface area contributed by atoms with Gasteiger partial charge in [-0.05, 0) is 6.26 Å². The summed E-state index contributed by atoms with van der Waals surface area (Å²) in [5.41, 5.74) is 5.16. The molecule has 0 amide bonds. The van der Waals surface area contributed by atoms with Crippen LogP contribution in [0, 0.1) is 0 Å². The Morgan fingerprint density at radius 1 is 1.67 bits per heavy atom. The third-order valence-electron chi connectivity index (χ3n) is 0.319. The largest absolute Gasteiger partial charge is 0.322 e. The number of hydrogen-bond donors (Lipinski definition) is 1. The molecule has 0 atom stereocenters. The molecule has 2 N–H and O–H groups in total. The molecule has 0 spiro atoms. The van der Waals surface area contributed by atoms with Crippen molar-refractivity contribution in [1.82, 2.24) is 0 Å². The van der Waals surface area contributed by atoms with Crippen molar-refractivity contribution in [3.05, 3.63) is 0 Å². The first-order valence-electron chi connectivity index (χ1n) is 1.68. The third-order valence-corrected chi connectivity index (χ3v) is 2.16. The fourth-order valence-corrected chi connectivity index (χ4v) is 1.18. The zero-order chi connectivity index (χ0) is 4.83. The van der Waals surface area contributed by atoms with Crippen molar-refractivity contribution in [3.8, 4) is 0 Å². The lowest BCUT2D eigenvalue weighted by atomic mass is 11.5. The molecular formula is C3H9NS2. The smallest absolute Gasteiger partial charge is 0.0402 e. The van der Waals surface area contributed by atoms with Gasteiger partial charge < -0.3 is 5.73 Å². The number of rotatable bonds is 3. The van der Waals surface area contributed by atoms with Crippen molar-refractivity contribution in [1.29, 1.82) is 0 Å². The lowest BCUT2D eigenvalue weighted by Crippen LogP contribution is -1.91. The summed E-state index contributed by atoms with van der Waals surface area (Å²) >= 11 is 3.56. The van der Waals surface area contributed by atoms with E-state index in [1.165, 1.54) is 0 Å². The Kier molecular flexibility index (Phi) is 6.28. The lowest BCUT2D eigenvalue weighted by molar-refractivity contribution is 1.40. The van der Waals surface area contributed by atoms with Gasteiger partial charge in [0.1, 0.15) is 0 Å². The maximum absolute atomic E-state index is 5.16. The van der Waals surface area contributed by atoms with Crippen LogP contribution in [0.25, 0.3) is 0 Å². The fourth-order valence-electron chi connectivity index (χ4n) is 0.131. The Bertz CT molecular complexity index is 20.8.